The summed E-state index contributed by atoms with van der Waals surface area (Å²) in [5.74, 6) is 0.337. The molecular formula is C11H9ClN2O4S. The van der Waals surface area contributed by atoms with E-state index in [2.05, 4.69) is 4.98 Å². The van der Waals surface area contributed by atoms with Gasteiger partial charge in [0, 0.05) is 6.07 Å². The number of hydrogen-bond acceptors (Lipinski definition) is 6. The summed E-state index contributed by atoms with van der Waals surface area (Å²) in [5.41, 5.74) is 0.674. The Morgan fingerprint density at radius 2 is 2.32 bits per heavy atom. The number of rotatable bonds is 4. The number of halogens is 1. The molecule has 1 heterocycles. The van der Waals surface area contributed by atoms with E-state index in [9.17, 15) is 10.1 Å². The number of benzene rings is 1. The molecule has 1 N–H and O–H groups in total. The first-order valence-electron chi connectivity index (χ1n) is 5.20. The Balaban J connectivity index is 2.31. The summed E-state index contributed by atoms with van der Waals surface area (Å²) in [4.78, 5) is 14.6. The molecule has 8 heteroatoms. The number of aliphatic hydroxyl groups is 1. The Hall–Kier alpha value is -1.70. The van der Waals surface area contributed by atoms with E-state index in [4.69, 9.17) is 21.4 Å². The number of aromatic nitrogens is 1. The highest BCUT2D eigenvalue weighted by Crippen LogP contribution is 2.34. The monoisotopic (exact) mass is 300 g/mol. The molecule has 2 rings (SSSR count). The molecule has 6 nitrogen and oxygen atoms in total. The first-order chi connectivity index (χ1) is 9.01. The topological polar surface area (TPSA) is 85.5 Å². The summed E-state index contributed by atoms with van der Waals surface area (Å²) in [5, 5.41) is 20.1. The highest BCUT2D eigenvalue weighted by Gasteiger charge is 2.14. The van der Waals surface area contributed by atoms with Crippen LogP contribution in [0, 0.1) is 17.0 Å². The summed E-state index contributed by atoms with van der Waals surface area (Å²) >= 11 is 6.88. The van der Waals surface area contributed by atoms with Crippen molar-refractivity contribution in [1.29, 1.82) is 0 Å². The highest BCUT2D eigenvalue weighted by atomic mass is 35.5. The molecule has 100 valence electrons. The molecule has 0 saturated heterocycles. The number of nitrogens with zero attached hydrogens (tertiary/aromatic N) is 2. The van der Waals surface area contributed by atoms with Crippen LogP contribution in [0.4, 0.5) is 5.69 Å². The van der Waals surface area contributed by atoms with Crippen molar-refractivity contribution in [2.24, 2.45) is 0 Å². The maximum Gasteiger partial charge on any atom is 0.280 e. The van der Waals surface area contributed by atoms with Crippen LogP contribution in [0.15, 0.2) is 18.2 Å². The molecule has 0 bridgehead atoms. The van der Waals surface area contributed by atoms with Gasteiger partial charge in [-0.15, -0.1) is 0 Å². The largest absolute Gasteiger partial charge is 0.430 e. The first-order valence-corrected chi connectivity index (χ1v) is 6.39. The fourth-order valence-electron chi connectivity index (χ4n) is 1.36. The first kappa shape index (κ1) is 13.7. The minimum absolute atomic E-state index is 0.0642. The van der Waals surface area contributed by atoms with Crippen molar-refractivity contribution in [3.8, 4) is 10.9 Å². The van der Waals surface area contributed by atoms with E-state index in [0.717, 1.165) is 16.9 Å². The lowest BCUT2D eigenvalue weighted by atomic mass is 10.2. The molecule has 0 unspecified atom stereocenters. The van der Waals surface area contributed by atoms with Crippen molar-refractivity contribution >= 4 is 28.6 Å². The van der Waals surface area contributed by atoms with Gasteiger partial charge in [-0.3, -0.25) is 10.1 Å². The number of ether oxygens (including phenoxy) is 1. The standard InChI is InChI=1S/C11H9ClN2O4S/c1-6-2-3-7(14(16)17)4-8(6)18-11-13-10(12)9(5-15)19-11/h2-4,15H,5H2,1H3. The van der Waals surface area contributed by atoms with E-state index in [1.54, 1.807) is 13.0 Å². The van der Waals surface area contributed by atoms with Gasteiger partial charge < -0.3 is 9.84 Å². The van der Waals surface area contributed by atoms with Gasteiger partial charge in [-0.1, -0.05) is 22.9 Å². The quantitative estimate of drug-likeness (QED) is 0.691. The van der Waals surface area contributed by atoms with Crippen molar-refractivity contribution in [1.82, 2.24) is 4.98 Å². The maximum absolute atomic E-state index is 10.7. The maximum atomic E-state index is 10.7. The average Bonchev–Trinajstić information content (AvgIpc) is 2.72. The van der Waals surface area contributed by atoms with Crippen molar-refractivity contribution in [2.75, 3.05) is 0 Å². The number of hydrogen-bond donors (Lipinski definition) is 1. The fraction of sp³-hybridized carbons (Fsp3) is 0.182. The van der Waals surface area contributed by atoms with Gasteiger partial charge in [0.2, 0.25) is 0 Å². The molecule has 0 atom stereocenters. The zero-order valence-electron chi connectivity index (χ0n) is 9.79. The molecule has 0 aliphatic heterocycles. The van der Waals surface area contributed by atoms with E-state index in [0.29, 0.717) is 10.6 Å². The molecule has 0 amide bonds. The third kappa shape index (κ3) is 3.01. The lowest BCUT2D eigenvalue weighted by molar-refractivity contribution is -0.384. The number of non-ortho nitro benzene ring substituents is 1. The summed E-state index contributed by atoms with van der Waals surface area (Å²) in [6.45, 7) is 1.54. The van der Waals surface area contributed by atoms with Gasteiger partial charge in [-0.2, -0.15) is 4.98 Å². The predicted octanol–water partition coefficient (Wildman–Crippen LogP) is 3.30. The minimum atomic E-state index is -0.500. The van der Waals surface area contributed by atoms with E-state index in [1.165, 1.54) is 12.1 Å². The molecule has 0 radical (unpaired) electrons. The number of nitro groups is 1. The number of aliphatic hydroxyl groups excluding tert-OH is 1. The molecule has 1 aromatic carbocycles. The second-order valence-corrected chi connectivity index (χ2v) is 5.07. The summed E-state index contributed by atoms with van der Waals surface area (Å²) in [6.07, 6.45) is 0. The van der Waals surface area contributed by atoms with Crippen molar-refractivity contribution < 1.29 is 14.8 Å². The predicted molar refractivity (Wildman–Crippen MR) is 71.0 cm³/mol. The molecule has 0 aliphatic carbocycles. The van der Waals surface area contributed by atoms with Gasteiger partial charge in [-0.05, 0) is 18.6 Å². The zero-order chi connectivity index (χ0) is 14.0. The Bertz CT molecular complexity index is 629. The van der Waals surface area contributed by atoms with Gasteiger partial charge in [0.05, 0.1) is 22.5 Å². The van der Waals surface area contributed by atoms with Crippen molar-refractivity contribution in [2.45, 2.75) is 13.5 Å². The summed E-state index contributed by atoms with van der Waals surface area (Å²) in [6, 6.07) is 4.31. The molecule has 0 aliphatic rings. The van der Waals surface area contributed by atoms with Crippen LogP contribution in [0.3, 0.4) is 0 Å². The van der Waals surface area contributed by atoms with Crippen LogP contribution in [0.2, 0.25) is 5.15 Å². The van der Waals surface area contributed by atoms with E-state index < -0.39 is 4.92 Å². The Kier molecular flexibility index (Phi) is 3.98. The van der Waals surface area contributed by atoms with E-state index in [1.807, 2.05) is 0 Å². The summed E-state index contributed by atoms with van der Waals surface area (Å²) in [7, 11) is 0. The number of nitro benzene ring substituents is 1. The smallest absolute Gasteiger partial charge is 0.280 e. The molecule has 0 fully saturated rings. The van der Waals surface area contributed by atoms with Gasteiger partial charge in [0.15, 0.2) is 0 Å². The van der Waals surface area contributed by atoms with Crippen LogP contribution in [0.5, 0.6) is 10.9 Å². The fourth-order valence-corrected chi connectivity index (χ4v) is 2.34. The normalized spacial score (nSPS) is 10.5. The zero-order valence-corrected chi connectivity index (χ0v) is 11.4. The lowest BCUT2D eigenvalue weighted by Crippen LogP contribution is -1.91. The average molecular weight is 301 g/mol. The highest BCUT2D eigenvalue weighted by molar-refractivity contribution is 7.13. The van der Waals surface area contributed by atoms with Gasteiger partial charge in [0.1, 0.15) is 10.9 Å². The third-order valence-corrected chi connectivity index (χ3v) is 3.70. The van der Waals surface area contributed by atoms with E-state index in [-0.39, 0.29) is 22.6 Å². The lowest BCUT2D eigenvalue weighted by Gasteiger charge is -2.04. The molecule has 1 aromatic heterocycles. The van der Waals surface area contributed by atoms with E-state index >= 15 is 0 Å². The number of aryl methyl sites for hydroxylation is 1. The van der Waals surface area contributed by atoms with Crippen LogP contribution in [0.25, 0.3) is 0 Å². The molecule has 0 spiro atoms. The minimum Gasteiger partial charge on any atom is -0.430 e. The van der Waals surface area contributed by atoms with Gasteiger partial charge in [-0.25, -0.2) is 0 Å². The Morgan fingerprint density at radius 1 is 1.58 bits per heavy atom. The molecular weight excluding hydrogens is 292 g/mol. The molecule has 2 aromatic rings. The third-order valence-electron chi connectivity index (χ3n) is 2.35. The molecule has 0 saturated carbocycles. The van der Waals surface area contributed by atoms with Crippen LogP contribution >= 0.6 is 22.9 Å². The molecule has 19 heavy (non-hydrogen) atoms. The van der Waals surface area contributed by atoms with Crippen LogP contribution in [0.1, 0.15) is 10.4 Å². The second-order valence-electron chi connectivity index (χ2n) is 3.66. The summed E-state index contributed by atoms with van der Waals surface area (Å²) < 4.78 is 5.47. The van der Waals surface area contributed by atoms with Crippen molar-refractivity contribution in [3.63, 3.8) is 0 Å². The van der Waals surface area contributed by atoms with Crippen LogP contribution in [-0.2, 0) is 6.61 Å². The van der Waals surface area contributed by atoms with Crippen LogP contribution < -0.4 is 4.74 Å². The van der Waals surface area contributed by atoms with Gasteiger partial charge >= 0.3 is 0 Å². The number of thiazole rings is 1. The van der Waals surface area contributed by atoms with Crippen molar-refractivity contribution in [3.05, 3.63) is 43.9 Å². The Morgan fingerprint density at radius 3 is 2.89 bits per heavy atom. The van der Waals surface area contributed by atoms with Gasteiger partial charge in [0.25, 0.3) is 10.9 Å². The Labute approximate surface area is 117 Å². The second kappa shape index (κ2) is 5.52. The van der Waals surface area contributed by atoms with Crippen LogP contribution in [-0.4, -0.2) is 15.0 Å². The SMILES string of the molecule is Cc1ccc([N+](=O)[O-])cc1Oc1nc(Cl)c(CO)s1.